The predicted octanol–water partition coefficient (Wildman–Crippen LogP) is 4.08. The van der Waals surface area contributed by atoms with Crippen LogP contribution in [0.5, 0.6) is 17.6 Å². The van der Waals surface area contributed by atoms with Crippen molar-refractivity contribution < 1.29 is 27.8 Å². The quantitative estimate of drug-likeness (QED) is 0.330. The average molecular weight is 615 g/mol. The monoisotopic (exact) mass is 614 g/mol. The zero-order valence-corrected chi connectivity index (χ0v) is 24.2. The second-order valence-corrected chi connectivity index (χ2v) is 12.9. The number of terminal acetylenes is 1. The van der Waals surface area contributed by atoms with E-state index < -0.39 is 23.3 Å². The number of hydrogen-bond donors (Lipinski definition) is 2. The number of nitrogens with one attached hydrogen (secondary N) is 1. The van der Waals surface area contributed by atoms with Crippen molar-refractivity contribution in [2.45, 2.75) is 55.5 Å². The Labute approximate surface area is 256 Å². The number of hydrogen-bond acceptors (Lipinski definition) is 9. The number of rotatable bonds is 4. The number of pyridine rings is 1. The molecule has 6 aliphatic rings. The maximum absolute atomic E-state index is 16.9. The van der Waals surface area contributed by atoms with Crippen molar-refractivity contribution in [3.05, 3.63) is 41.5 Å². The lowest BCUT2D eigenvalue weighted by Gasteiger charge is -2.53. The first kappa shape index (κ1) is 27.0. The number of ether oxygens (including phenoxy) is 2. The second kappa shape index (κ2) is 9.58. The maximum Gasteiger partial charge on any atom is 0.319 e. The van der Waals surface area contributed by atoms with Crippen LogP contribution in [0.15, 0.2) is 24.3 Å². The minimum absolute atomic E-state index is 0.0213. The zero-order chi connectivity index (χ0) is 30.6. The summed E-state index contributed by atoms with van der Waals surface area (Å²) in [7, 11) is 0. The Kier molecular flexibility index (Phi) is 5.75. The van der Waals surface area contributed by atoms with E-state index in [0.29, 0.717) is 36.1 Å². The summed E-state index contributed by atoms with van der Waals surface area (Å²) in [5.74, 6) is 1.33. The molecule has 0 amide bonds. The van der Waals surface area contributed by atoms with Gasteiger partial charge in [-0.25, -0.2) is 18.2 Å². The molecule has 9 nitrogen and oxygen atoms in total. The summed E-state index contributed by atoms with van der Waals surface area (Å²) >= 11 is 0. The number of benzene rings is 2. The highest BCUT2D eigenvalue weighted by Gasteiger charge is 2.50. The molecule has 2 N–H and O–H groups in total. The number of aromatic nitrogens is 3. The van der Waals surface area contributed by atoms with Crippen LogP contribution in [0.3, 0.4) is 0 Å². The topological polar surface area (TPSA) is 95.9 Å². The van der Waals surface area contributed by atoms with Gasteiger partial charge in [-0.2, -0.15) is 9.97 Å². The molecule has 0 radical (unpaired) electrons. The molecule has 6 aliphatic heterocycles. The Bertz CT molecular complexity index is 1960. The molecule has 2 aromatic carbocycles. The first-order valence-corrected chi connectivity index (χ1v) is 15.3. The molecule has 5 fully saturated rings. The van der Waals surface area contributed by atoms with Crippen LogP contribution in [0.4, 0.5) is 19.0 Å². The van der Waals surface area contributed by atoms with Crippen LogP contribution in [0.2, 0.25) is 0 Å². The first-order chi connectivity index (χ1) is 21.8. The molecular weight excluding hydrogens is 585 g/mol. The van der Waals surface area contributed by atoms with Crippen molar-refractivity contribution in [1.29, 1.82) is 0 Å². The van der Waals surface area contributed by atoms with E-state index in [0.717, 1.165) is 25.8 Å². The Morgan fingerprint density at radius 3 is 2.89 bits per heavy atom. The molecule has 45 heavy (non-hydrogen) atoms. The summed E-state index contributed by atoms with van der Waals surface area (Å²) in [5, 5.41) is 15.1. The number of alkyl halides is 1. The highest BCUT2D eigenvalue weighted by atomic mass is 19.1. The van der Waals surface area contributed by atoms with Crippen molar-refractivity contribution in [2.75, 3.05) is 37.7 Å². The molecule has 5 atom stereocenters. The summed E-state index contributed by atoms with van der Waals surface area (Å²) in [5.41, 5.74) is -0.694. The molecule has 2 aromatic heterocycles. The number of halogens is 3. The van der Waals surface area contributed by atoms with Gasteiger partial charge in [-0.1, -0.05) is 12.0 Å². The van der Waals surface area contributed by atoms with Gasteiger partial charge in [0.25, 0.3) is 0 Å². The molecule has 0 saturated carbocycles. The number of aromatic hydroxyl groups is 1. The van der Waals surface area contributed by atoms with Crippen LogP contribution >= 0.6 is 0 Å². The fourth-order valence-electron chi connectivity index (χ4n) is 8.24. The van der Waals surface area contributed by atoms with E-state index in [2.05, 4.69) is 31.0 Å². The molecule has 5 saturated heterocycles. The fraction of sp³-hybridized carbons (Fsp3) is 0.424. The largest absolute Gasteiger partial charge is 0.508 e. The van der Waals surface area contributed by atoms with Gasteiger partial charge < -0.3 is 24.8 Å². The number of nitrogens with zero attached hydrogens (tertiary/aromatic N) is 5. The van der Waals surface area contributed by atoms with Crippen LogP contribution in [0.1, 0.15) is 31.2 Å². The third-order valence-electron chi connectivity index (χ3n) is 10.3. The van der Waals surface area contributed by atoms with Crippen LogP contribution in [-0.2, 0) is 0 Å². The van der Waals surface area contributed by atoms with Crippen molar-refractivity contribution in [3.8, 4) is 41.2 Å². The van der Waals surface area contributed by atoms with E-state index in [1.807, 2.05) is 0 Å². The standard InChI is InChI=1S/C33H29F3N6O3/c1-2-20-22(35)5-4-16-8-19(43)10-21(25(16)20)28-27(36)29-26-30(42-13-18-9-23(37-18)24(42)14-44-31(26)38-28)40-32(39-29)45-15-33-6-3-7-41(33)12-17(34)11-33/h1,4-5,8,10,17-18,23-24,37,43H,3,6-7,9,11-15H2/t17-,18-,23+,24-,33+/m1/s1. The predicted molar refractivity (Wildman–Crippen MR) is 160 cm³/mol. The normalized spacial score (nSPS) is 28.3. The van der Waals surface area contributed by atoms with Gasteiger partial charge in [0.1, 0.15) is 53.4 Å². The van der Waals surface area contributed by atoms with Crippen LogP contribution in [-0.4, -0.2) is 87.6 Å². The number of fused-ring (bicyclic) bond motifs is 2. The number of anilines is 1. The zero-order valence-electron chi connectivity index (χ0n) is 24.2. The molecule has 8 heterocycles. The van der Waals surface area contributed by atoms with Crippen molar-refractivity contribution in [3.63, 3.8) is 0 Å². The highest BCUT2D eigenvalue weighted by molar-refractivity contribution is 6.04. The van der Waals surface area contributed by atoms with Gasteiger partial charge in [-0.3, -0.25) is 4.90 Å². The van der Waals surface area contributed by atoms with Crippen LogP contribution in [0.25, 0.3) is 32.9 Å². The molecular formula is C33H29F3N6O3. The van der Waals surface area contributed by atoms with Gasteiger partial charge in [-0.15, -0.1) is 6.42 Å². The smallest absolute Gasteiger partial charge is 0.319 e. The Morgan fingerprint density at radius 2 is 2.04 bits per heavy atom. The van der Waals surface area contributed by atoms with Crippen LogP contribution in [0, 0.1) is 24.0 Å². The van der Waals surface area contributed by atoms with Crippen molar-refractivity contribution in [2.24, 2.45) is 0 Å². The maximum atomic E-state index is 16.9. The fourth-order valence-corrected chi connectivity index (χ4v) is 8.24. The van der Waals surface area contributed by atoms with E-state index in [-0.39, 0.29) is 76.7 Å². The number of piperazine rings is 1. The Morgan fingerprint density at radius 1 is 1.18 bits per heavy atom. The Hall–Kier alpha value is -4.34. The molecule has 0 unspecified atom stereocenters. The summed E-state index contributed by atoms with van der Waals surface area (Å²) < 4.78 is 58.8. The third-order valence-corrected chi connectivity index (χ3v) is 10.3. The Balaban J connectivity index is 1.24. The van der Waals surface area contributed by atoms with Gasteiger partial charge in [0.15, 0.2) is 5.82 Å². The first-order valence-electron chi connectivity index (χ1n) is 15.3. The lowest BCUT2D eigenvalue weighted by atomic mass is 9.85. The molecule has 0 aliphatic carbocycles. The molecule has 2 bridgehead atoms. The molecule has 0 spiro atoms. The summed E-state index contributed by atoms with van der Waals surface area (Å²) in [6.07, 6.45) is 7.89. The van der Waals surface area contributed by atoms with Crippen LogP contribution < -0.4 is 19.7 Å². The van der Waals surface area contributed by atoms with Gasteiger partial charge in [0.05, 0.1) is 17.1 Å². The van der Waals surface area contributed by atoms with Crippen molar-refractivity contribution in [1.82, 2.24) is 25.2 Å². The van der Waals surface area contributed by atoms with E-state index >= 15 is 4.39 Å². The number of piperidine rings is 1. The lowest BCUT2D eigenvalue weighted by Crippen LogP contribution is -2.73. The van der Waals surface area contributed by atoms with E-state index in [9.17, 15) is 13.9 Å². The van der Waals surface area contributed by atoms with E-state index in [4.69, 9.17) is 20.9 Å². The minimum Gasteiger partial charge on any atom is -0.508 e. The average Bonchev–Trinajstić information content (AvgIpc) is 3.48. The second-order valence-electron chi connectivity index (χ2n) is 12.9. The van der Waals surface area contributed by atoms with Gasteiger partial charge >= 0.3 is 6.01 Å². The SMILES string of the molecule is C#Cc1c(F)ccc2cc(O)cc(-c3nc4c5c(nc(OC[C@@]67CCCN6C[C@H](F)C7)nc5c3F)N3C[C@H]5C[C@H](N5)[C@H]3CO4)c12. The molecule has 4 aromatic rings. The summed E-state index contributed by atoms with van der Waals surface area (Å²) in [4.78, 5) is 18.3. The van der Waals surface area contributed by atoms with E-state index in [1.165, 1.54) is 24.3 Å². The summed E-state index contributed by atoms with van der Waals surface area (Å²) in [6, 6.07) is 5.75. The lowest BCUT2D eigenvalue weighted by molar-refractivity contribution is 0.107. The van der Waals surface area contributed by atoms with Gasteiger partial charge in [0, 0.05) is 42.5 Å². The third kappa shape index (κ3) is 3.93. The molecule has 230 valence electrons. The van der Waals surface area contributed by atoms with E-state index in [1.54, 1.807) is 0 Å². The summed E-state index contributed by atoms with van der Waals surface area (Å²) in [6.45, 7) is 2.27. The molecule has 12 heteroatoms. The molecule has 10 rings (SSSR count). The number of phenolic OH excluding ortho intramolecular Hbond substituents is 1. The van der Waals surface area contributed by atoms with Gasteiger partial charge in [0.2, 0.25) is 5.88 Å². The highest BCUT2D eigenvalue weighted by Crippen LogP contribution is 2.46. The van der Waals surface area contributed by atoms with Crippen molar-refractivity contribution >= 4 is 27.5 Å². The van der Waals surface area contributed by atoms with Gasteiger partial charge in [-0.05, 0) is 49.4 Å². The minimum atomic E-state index is -0.926. The number of phenols is 1.